The quantitative estimate of drug-likeness (QED) is 0.169. The Kier molecular flexibility index (Phi) is 10.5. The minimum Gasteiger partial charge on any atom is -0.481 e. The third-order valence-corrected chi connectivity index (χ3v) is 9.73. The van der Waals surface area contributed by atoms with E-state index in [1.165, 1.54) is 0 Å². The molecule has 2 aliphatic heterocycles. The Morgan fingerprint density at radius 2 is 1.08 bits per heavy atom. The van der Waals surface area contributed by atoms with E-state index in [1.54, 1.807) is 26.4 Å². The fourth-order valence-corrected chi connectivity index (χ4v) is 6.48. The zero-order chi connectivity index (χ0) is 35.4. The van der Waals surface area contributed by atoms with Gasteiger partial charge in [-0.2, -0.15) is 9.97 Å². The van der Waals surface area contributed by atoms with Crippen LogP contribution in [-0.4, -0.2) is 81.3 Å². The largest absolute Gasteiger partial charge is 0.481 e. The minimum absolute atomic E-state index is 0.308. The Hall–Kier alpha value is -5.20. The van der Waals surface area contributed by atoms with Crippen molar-refractivity contribution in [3.05, 3.63) is 94.0 Å². The fourth-order valence-electron chi connectivity index (χ4n) is 6.48. The number of hydrogen-bond acceptors (Lipinski definition) is 10. The second kappa shape index (κ2) is 15.1. The van der Waals surface area contributed by atoms with Crippen LogP contribution >= 0.6 is 0 Å². The van der Waals surface area contributed by atoms with E-state index in [0.717, 1.165) is 57.6 Å². The van der Waals surface area contributed by atoms with E-state index in [-0.39, 0.29) is 0 Å². The van der Waals surface area contributed by atoms with Crippen LogP contribution in [0.2, 0.25) is 0 Å². The SMILES string of the molecule is COc1nc(OCc2cccc(-c3cccc(COc4ccc(CN5CCC5C(=O)O)c(OC)n4)c3C)c2C)ccc1CN1CCC1C(=O)O. The van der Waals surface area contributed by atoms with Crippen molar-refractivity contribution >= 4 is 11.9 Å². The van der Waals surface area contributed by atoms with Crippen LogP contribution in [0.15, 0.2) is 60.7 Å². The summed E-state index contributed by atoms with van der Waals surface area (Å²) in [6.45, 7) is 7.12. The summed E-state index contributed by atoms with van der Waals surface area (Å²) in [5.41, 5.74) is 8.01. The molecule has 2 fully saturated rings. The van der Waals surface area contributed by atoms with Crippen molar-refractivity contribution in [1.82, 2.24) is 19.8 Å². The first kappa shape index (κ1) is 34.7. The van der Waals surface area contributed by atoms with Crippen LogP contribution in [0, 0.1) is 13.8 Å². The molecule has 4 aromatic rings. The summed E-state index contributed by atoms with van der Waals surface area (Å²) in [6, 6.07) is 18.7. The molecule has 2 saturated heterocycles. The van der Waals surface area contributed by atoms with Gasteiger partial charge in [-0.1, -0.05) is 36.4 Å². The van der Waals surface area contributed by atoms with E-state index in [9.17, 15) is 19.8 Å². The first-order valence-corrected chi connectivity index (χ1v) is 16.6. The second-order valence-corrected chi connectivity index (χ2v) is 12.6. The van der Waals surface area contributed by atoms with Gasteiger partial charge in [0.05, 0.1) is 14.2 Å². The van der Waals surface area contributed by atoms with Crippen molar-refractivity contribution in [1.29, 1.82) is 0 Å². The molecule has 262 valence electrons. The molecule has 0 radical (unpaired) electrons. The van der Waals surface area contributed by atoms with Crippen molar-refractivity contribution < 1.29 is 38.7 Å². The summed E-state index contributed by atoms with van der Waals surface area (Å²) >= 11 is 0. The van der Waals surface area contributed by atoms with Gasteiger partial charge in [0.15, 0.2) is 0 Å². The minimum atomic E-state index is -0.811. The zero-order valence-corrected chi connectivity index (χ0v) is 28.7. The number of likely N-dealkylation sites (tertiary alicyclic amines) is 2. The number of carbonyl (C=O) groups is 2. The van der Waals surface area contributed by atoms with Crippen molar-refractivity contribution in [3.63, 3.8) is 0 Å². The molecule has 0 bridgehead atoms. The van der Waals surface area contributed by atoms with E-state index in [4.69, 9.17) is 18.9 Å². The number of rotatable bonds is 15. The molecule has 6 rings (SSSR count). The highest BCUT2D eigenvalue weighted by molar-refractivity contribution is 5.75. The van der Waals surface area contributed by atoms with E-state index in [2.05, 4.69) is 35.9 Å². The fraction of sp³-hybridized carbons (Fsp3) is 0.368. The number of pyridine rings is 2. The van der Waals surface area contributed by atoms with E-state index in [0.29, 0.717) is 62.7 Å². The van der Waals surface area contributed by atoms with Gasteiger partial charge >= 0.3 is 11.9 Å². The predicted molar refractivity (Wildman–Crippen MR) is 184 cm³/mol. The molecular weight excluding hydrogens is 640 g/mol. The Morgan fingerprint density at radius 1 is 0.660 bits per heavy atom. The molecule has 0 amide bonds. The first-order chi connectivity index (χ1) is 24.2. The maximum absolute atomic E-state index is 11.4. The molecule has 2 N–H and O–H groups in total. The number of benzene rings is 2. The van der Waals surface area contributed by atoms with Gasteiger partial charge in [0.2, 0.25) is 23.5 Å². The average Bonchev–Trinajstić information content (AvgIpc) is 3.07. The van der Waals surface area contributed by atoms with Crippen LogP contribution in [0.5, 0.6) is 23.5 Å². The highest BCUT2D eigenvalue weighted by atomic mass is 16.5. The van der Waals surface area contributed by atoms with Crippen LogP contribution < -0.4 is 18.9 Å². The topological polar surface area (TPSA) is 144 Å². The van der Waals surface area contributed by atoms with Gasteiger partial charge in [0.1, 0.15) is 25.3 Å². The van der Waals surface area contributed by atoms with Crippen LogP contribution in [0.3, 0.4) is 0 Å². The summed E-state index contributed by atoms with van der Waals surface area (Å²) in [4.78, 5) is 35.7. The maximum Gasteiger partial charge on any atom is 0.320 e. The monoisotopic (exact) mass is 682 g/mol. The lowest BCUT2D eigenvalue weighted by molar-refractivity contribution is -0.149. The van der Waals surface area contributed by atoms with Gasteiger partial charge in [0.25, 0.3) is 0 Å². The molecule has 2 aromatic heterocycles. The first-order valence-electron chi connectivity index (χ1n) is 16.6. The molecule has 2 aromatic carbocycles. The van der Waals surface area contributed by atoms with Gasteiger partial charge in [-0.3, -0.25) is 19.4 Å². The lowest BCUT2D eigenvalue weighted by Crippen LogP contribution is -2.51. The molecule has 12 nitrogen and oxygen atoms in total. The van der Waals surface area contributed by atoms with Gasteiger partial charge in [-0.25, -0.2) is 0 Å². The molecule has 0 aliphatic carbocycles. The molecule has 12 heteroatoms. The Morgan fingerprint density at radius 3 is 1.42 bits per heavy atom. The number of nitrogens with zero attached hydrogens (tertiary/aromatic N) is 4. The summed E-state index contributed by atoms with van der Waals surface area (Å²) in [5.74, 6) is 0.0648. The number of hydrogen-bond donors (Lipinski definition) is 2. The normalized spacial score (nSPS) is 17.4. The molecule has 2 aliphatic rings. The summed E-state index contributed by atoms with van der Waals surface area (Å²) in [6.07, 6.45) is 1.28. The highest BCUT2D eigenvalue weighted by Gasteiger charge is 2.35. The smallest absolute Gasteiger partial charge is 0.320 e. The third kappa shape index (κ3) is 7.36. The standard InChI is InChI=1S/C38H42N4O8/c1-23-27(21-49-33-13-11-25(35(39-33)47-3)19-41-17-15-31(41)37(43)44)7-5-9-29(23)30-10-6-8-28(24(30)2)22-50-34-14-12-26(36(40-34)48-4)20-42-18-16-32(42)38(45)46/h5-14,31-32H,15-22H2,1-4H3,(H,43,44)(H,45,46). The predicted octanol–water partition coefficient (Wildman–Crippen LogP) is 5.25. The molecule has 0 saturated carbocycles. The van der Waals surface area contributed by atoms with E-state index in [1.807, 2.05) is 46.2 Å². The van der Waals surface area contributed by atoms with Crippen molar-refractivity contribution in [2.24, 2.45) is 0 Å². The number of carboxylic acid groups (broad SMARTS) is 2. The van der Waals surface area contributed by atoms with Crippen LogP contribution in [0.25, 0.3) is 11.1 Å². The Bertz CT molecular complexity index is 1750. The number of methoxy groups -OCH3 is 2. The molecule has 0 spiro atoms. The summed E-state index contributed by atoms with van der Waals surface area (Å²) < 4.78 is 23.3. The molecular formula is C38H42N4O8. The van der Waals surface area contributed by atoms with Gasteiger partial charge in [0, 0.05) is 49.4 Å². The zero-order valence-electron chi connectivity index (χ0n) is 28.7. The van der Waals surface area contributed by atoms with Crippen molar-refractivity contribution in [2.45, 2.75) is 65.1 Å². The number of carboxylic acids is 2. The second-order valence-electron chi connectivity index (χ2n) is 12.6. The summed E-state index contributed by atoms with van der Waals surface area (Å²) in [5, 5.41) is 18.8. The van der Waals surface area contributed by atoms with E-state index < -0.39 is 24.0 Å². The average molecular weight is 683 g/mol. The van der Waals surface area contributed by atoms with Gasteiger partial charge in [-0.15, -0.1) is 0 Å². The highest BCUT2D eigenvalue weighted by Crippen LogP contribution is 2.33. The Labute approximate surface area is 291 Å². The van der Waals surface area contributed by atoms with Crippen molar-refractivity contribution in [3.8, 4) is 34.6 Å². The van der Waals surface area contributed by atoms with Gasteiger partial charge < -0.3 is 29.2 Å². The van der Waals surface area contributed by atoms with Crippen LogP contribution in [0.1, 0.15) is 46.2 Å². The molecule has 4 heterocycles. The van der Waals surface area contributed by atoms with Crippen LogP contribution in [-0.2, 0) is 35.9 Å². The number of aromatic nitrogens is 2. The van der Waals surface area contributed by atoms with Crippen molar-refractivity contribution in [2.75, 3.05) is 27.3 Å². The van der Waals surface area contributed by atoms with Gasteiger partial charge in [-0.05, 0) is 72.2 Å². The number of aliphatic carboxylic acids is 2. The lowest BCUT2D eigenvalue weighted by Gasteiger charge is -2.37. The lowest BCUT2D eigenvalue weighted by atomic mass is 9.92. The number of ether oxygens (including phenoxy) is 4. The molecule has 50 heavy (non-hydrogen) atoms. The molecule has 2 unspecified atom stereocenters. The maximum atomic E-state index is 11.4. The molecule has 2 atom stereocenters. The third-order valence-electron chi connectivity index (χ3n) is 9.73. The Balaban J connectivity index is 1.11. The van der Waals surface area contributed by atoms with Crippen LogP contribution in [0.4, 0.5) is 0 Å². The van der Waals surface area contributed by atoms with E-state index >= 15 is 0 Å². The summed E-state index contributed by atoms with van der Waals surface area (Å²) in [7, 11) is 3.10.